The Morgan fingerprint density at radius 3 is 1.38 bits per heavy atom. The Hall–Kier alpha value is -6.69. The molecule has 0 N–H and O–H groups in total. The summed E-state index contributed by atoms with van der Waals surface area (Å²) in [4.78, 5) is 15.5. The van der Waals surface area contributed by atoms with Crippen molar-refractivity contribution in [1.29, 1.82) is 10.5 Å². The van der Waals surface area contributed by atoms with Gasteiger partial charge in [0.15, 0.2) is 17.5 Å². The highest BCUT2D eigenvalue weighted by molar-refractivity contribution is 5.76. The van der Waals surface area contributed by atoms with Crippen LogP contribution in [-0.4, -0.2) is 15.0 Å². The van der Waals surface area contributed by atoms with Crippen LogP contribution in [0.5, 0.6) is 0 Å². The van der Waals surface area contributed by atoms with Gasteiger partial charge in [-0.1, -0.05) is 143 Å². The molecule has 5 heteroatoms. The number of hydrogen-bond donors (Lipinski definition) is 0. The van der Waals surface area contributed by atoms with Crippen molar-refractivity contribution < 1.29 is 0 Å². The molecule has 0 saturated heterocycles. The van der Waals surface area contributed by atoms with Crippen molar-refractivity contribution in [3.05, 3.63) is 162 Å². The maximum Gasteiger partial charge on any atom is 0.164 e. The molecule has 1 aromatic heterocycles. The summed E-state index contributed by atoms with van der Waals surface area (Å²) in [5.74, 6) is 5.95. The lowest BCUT2D eigenvalue weighted by Gasteiger charge is -2.50. The van der Waals surface area contributed by atoms with Gasteiger partial charge < -0.3 is 0 Å². The second kappa shape index (κ2) is 16.9. The van der Waals surface area contributed by atoms with E-state index in [-0.39, 0.29) is 5.41 Å². The van der Waals surface area contributed by atoms with Crippen molar-refractivity contribution in [1.82, 2.24) is 15.0 Å². The number of nitrogens with zero attached hydrogens (tertiary/aromatic N) is 5. The SMILES string of the molecule is C[C@@H]1CC2C[C@H](C)CC(c3ccc(-c4cccc(-c5nc(-c6ccc(-c7cc(C#N)cc(C#N)c7)cc6)nc(-c6cccc(-c7ccc(C8(C)C[C@@H]9CC[C@@H](C9)C8)cc7)c6)n5)c4)cc3)(C2)C1. The summed E-state index contributed by atoms with van der Waals surface area (Å²) >= 11 is 0. The van der Waals surface area contributed by atoms with Crippen LogP contribution in [0.25, 0.3) is 67.5 Å². The molecule has 326 valence electrons. The second-order valence-corrected chi connectivity index (χ2v) is 21.2. The van der Waals surface area contributed by atoms with E-state index >= 15 is 0 Å². The highest BCUT2D eigenvalue weighted by Gasteiger charge is 2.45. The Kier molecular flexibility index (Phi) is 10.8. The van der Waals surface area contributed by atoms with Crippen molar-refractivity contribution in [3.8, 4) is 79.7 Å². The average Bonchev–Trinajstić information content (AvgIpc) is 3.70. The van der Waals surface area contributed by atoms with E-state index < -0.39 is 0 Å². The van der Waals surface area contributed by atoms with Crippen molar-refractivity contribution in [3.63, 3.8) is 0 Å². The first-order valence-electron chi connectivity index (χ1n) is 24.4. The van der Waals surface area contributed by atoms with Crippen LogP contribution in [0, 0.1) is 52.3 Å². The molecule has 7 atom stereocenters. The highest BCUT2D eigenvalue weighted by atomic mass is 15.0. The van der Waals surface area contributed by atoms with Gasteiger partial charge >= 0.3 is 0 Å². The monoisotopic (exact) mass is 859 g/mol. The minimum absolute atomic E-state index is 0.257. The predicted molar refractivity (Wildman–Crippen MR) is 266 cm³/mol. The quantitative estimate of drug-likeness (QED) is 0.152. The molecule has 4 saturated carbocycles. The third-order valence-corrected chi connectivity index (χ3v) is 16.0. The number of benzene rings is 6. The Balaban J connectivity index is 0.943. The minimum atomic E-state index is 0.257. The summed E-state index contributed by atoms with van der Waals surface area (Å²) in [6.07, 6.45) is 13.5. The maximum absolute atomic E-state index is 9.64. The van der Waals surface area contributed by atoms with Gasteiger partial charge in [0.2, 0.25) is 0 Å². The van der Waals surface area contributed by atoms with Crippen molar-refractivity contribution in [2.75, 3.05) is 0 Å². The van der Waals surface area contributed by atoms with E-state index in [1.54, 1.807) is 6.07 Å². The molecule has 4 aliphatic rings. The fraction of sp³-hybridized carbons (Fsp3) is 0.328. The van der Waals surface area contributed by atoms with E-state index in [0.29, 0.717) is 34.0 Å². The van der Waals surface area contributed by atoms with E-state index in [2.05, 4.69) is 130 Å². The summed E-state index contributed by atoms with van der Waals surface area (Å²) in [6.45, 7) is 7.41. The molecule has 5 nitrogen and oxygen atoms in total. The van der Waals surface area contributed by atoms with Gasteiger partial charge in [-0.2, -0.15) is 10.5 Å². The van der Waals surface area contributed by atoms with Crippen LogP contribution >= 0.6 is 0 Å². The van der Waals surface area contributed by atoms with Crippen LogP contribution in [-0.2, 0) is 10.8 Å². The molecule has 11 rings (SSSR count). The lowest BCUT2D eigenvalue weighted by atomic mass is 9.54. The summed E-state index contributed by atoms with van der Waals surface area (Å²) in [6, 6.07) is 53.7. The molecule has 4 aliphatic carbocycles. The number of hydrogen-bond acceptors (Lipinski definition) is 5. The van der Waals surface area contributed by atoms with Crippen LogP contribution in [0.1, 0.15) is 107 Å². The summed E-state index contributed by atoms with van der Waals surface area (Å²) < 4.78 is 0. The van der Waals surface area contributed by atoms with E-state index in [4.69, 9.17) is 15.0 Å². The molecule has 0 radical (unpaired) electrons. The van der Waals surface area contributed by atoms with Crippen LogP contribution in [0.3, 0.4) is 0 Å². The van der Waals surface area contributed by atoms with Gasteiger partial charge in [-0.05, 0) is 167 Å². The molecule has 0 spiro atoms. The molecule has 3 unspecified atom stereocenters. The van der Waals surface area contributed by atoms with E-state index in [9.17, 15) is 10.5 Å². The highest BCUT2D eigenvalue weighted by Crippen LogP contribution is 2.55. The average molecular weight is 860 g/mol. The Bertz CT molecular complexity index is 2960. The molecule has 4 fully saturated rings. The third kappa shape index (κ3) is 8.15. The lowest BCUT2D eigenvalue weighted by molar-refractivity contribution is 0.0780. The zero-order valence-electron chi connectivity index (χ0n) is 38.5. The topological polar surface area (TPSA) is 86.2 Å². The Morgan fingerprint density at radius 1 is 0.424 bits per heavy atom. The van der Waals surface area contributed by atoms with Gasteiger partial charge in [-0.25, -0.2) is 15.0 Å². The Labute approximate surface area is 390 Å². The van der Waals surface area contributed by atoms with Gasteiger partial charge in [0, 0.05) is 16.7 Å². The van der Waals surface area contributed by atoms with Gasteiger partial charge in [-0.15, -0.1) is 0 Å². The smallest absolute Gasteiger partial charge is 0.164 e. The molecular formula is C61H57N5. The Morgan fingerprint density at radius 2 is 0.864 bits per heavy atom. The number of nitriles is 2. The van der Waals surface area contributed by atoms with Crippen LogP contribution in [0.15, 0.2) is 140 Å². The molecule has 0 aliphatic heterocycles. The fourth-order valence-corrected chi connectivity index (χ4v) is 13.5. The summed E-state index contributed by atoms with van der Waals surface area (Å²) in [5.41, 5.74) is 13.5. The zero-order chi connectivity index (χ0) is 45.0. The van der Waals surface area contributed by atoms with Crippen molar-refractivity contribution in [2.24, 2.45) is 29.6 Å². The number of fused-ring (bicyclic) bond motifs is 4. The minimum Gasteiger partial charge on any atom is -0.208 e. The first-order chi connectivity index (χ1) is 32.1. The van der Waals surface area contributed by atoms with Gasteiger partial charge in [0.1, 0.15) is 0 Å². The van der Waals surface area contributed by atoms with Gasteiger partial charge in [-0.3, -0.25) is 0 Å². The largest absolute Gasteiger partial charge is 0.208 e. The normalized spacial score (nSPS) is 25.4. The van der Waals surface area contributed by atoms with Crippen molar-refractivity contribution >= 4 is 0 Å². The summed E-state index contributed by atoms with van der Waals surface area (Å²) in [5, 5.41) is 19.3. The van der Waals surface area contributed by atoms with E-state index in [0.717, 1.165) is 68.5 Å². The van der Waals surface area contributed by atoms with E-state index in [1.165, 1.54) is 86.5 Å². The molecular weight excluding hydrogens is 803 g/mol. The maximum atomic E-state index is 9.64. The fourth-order valence-electron chi connectivity index (χ4n) is 13.5. The number of rotatable bonds is 8. The molecule has 6 aromatic carbocycles. The molecule has 7 aromatic rings. The molecule has 0 amide bonds. The van der Waals surface area contributed by atoms with Crippen LogP contribution in [0.4, 0.5) is 0 Å². The third-order valence-electron chi connectivity index (χ3n) is 16.0. The molecule has 4 bridgehead atoms. The van der Waals surface area contributed by atoms with Crippen LogP contribution in [0.2, 0.25) is 0 Å². The van der Waals surface area contributed by atoms with Crippen LogP contribution < -0.4 is 0 Å². The van der Waals surface area contributed by atoms with E-state index in [1.807, 2.05) is 36.4 Å². The van der Waals surface area contributed by atoms with Gasteiger partial charge in [0.05, 0.1) is 23.3 Å². The predicted octanol–water partition coefficient (Wildman–Crippen LogP) is 15.2. The zero-order valence-corrected chi connectivity index (χ0v) is 38.5. The summed E-state index contributed by atoms with van der Waals surface area (Å²) in [7, 11) is 0. The molecule has 1 heterocycles. The van der Waals surface area contributed by atoms with Crippen molar-refractivity contribution in [2.45, 2.75) is 95.8 Å². The first-order valence-corrected chi connectivity index (χ1v) is 24.4. The molecule has 66 heavy (non-hydrogen) atoms. The first kappa shape index (κ1) is 42.0. The second-order valence-electron chi connectivity index (χ2n) is 21.2. The standard InChI is InChI=1S/C61H57N5/c1-39-24-43-25-40(2)33-61(32-39,36-43)56-22-18-47(19-23-56)51-7-5-9-53(31-51)59-65-57(49-14-12-48(13-15-49)54-28-44(37-62)27-45(29-54)38-63)64-58(66-59)52-8-4-6-50(30-52)46-16-20-55(21-17-46)60(3)34-41-10-11-42(26-41)35-60/h4-9,12-23,27-31,39-43H,10-11,24-26,32-36H2,1-3H3/t39-,40+,41-,42+,43?,60?,61?. The van der Waals surface area contributed by atoms with Gasteiger partial charge in [0.25, 0.3) is 0 Å². The number of aromatic nitrogens is 3. The lowest BCUT2D eigenvalue weighted by Crippen LogP contribution is -2.42.